The lowest BCUT2D eigenvalue weighted by molar-refractivity contribution is 0.755. The Morgan fingerprint density at radius 2 is 1.95 bits per heavy atom. The fourth-order valence-electron chi connectivity index (χ4n) is 2.57. The first kappa shape index (κ1) is 13.8. The first-order chi connectivity index (χ1) is 10.1. The van der Waals surface area contributed by atoms with E-state index in [-0.39, 0.29) is 5.56 Å². The van der Waals surface area contributed by atoms with Gasteiger partial charge in [0.2, 0.25) is 0 Å². The Bertz CT molecular complexity index is 884. The molecule has 0 saturated carbocycles. The molecular weight excluding hydrogens is 284 g/mol. The number of aryl methyl sites for hydroxylation is 2. The van der Waals surface area contributed by atoms with E-state index < -0.39 is 0 Å². The SMILES string of the molecule is CCn1c(=O)c(-c2ccc(Cl)cc2C)nc2ccccc21. The van der Waals surface area contributed by atoms with Crippen LogP contribution in [0.15, 0.2) is 47.3 Å². The van der Waals surface area contributed by atoms with Crippen LogP contribution in [0.2, 0.25) is 5.02 Å². The van der Waals surface area contributed by atoms with Crippen molar-refractivity contribution in [2.45, 2.75) is 20.4 Å². The minimum atomic E-state index is -0.0679. The van der Waals surface area contributed by atoms with Gasteiger partial charge in [0.1, 0.15) is 5.69 Å². The van der Waals surface area contributed by atoms with Gasteiger partial charge in [-0.3, -0.25) is 4.79 Å². The number of fused-ring (bicyclic) bond motifs is 1. The van der Waals surface area contributed by atoms with Crippen LogP contribution in [0.5, 0.6) is 0 Å². The Labute approximate surface area is 127 Å². The van der Waals surface area contributed by atoms with E-state index in [2.05, 4.69) is 4.98 Å². The molecule has 0 aliphatic carbocycles. The van der Waals surface area contributed by atoms with Crippen LogP contribution in [0.3, 0.4) is 0 Å². The molecule has 0 spiro atoms. The Hall–Kier alpha value is -2.13. The van der Waals surface area contributed by atoms with E-state index in [1.807, 2.05) is 50.2 Å². The molecule has 0 amide bonds. The van der Waals surface area contributed by atoms with E-state index >= 15 is 0 Å². The zero-order chi connectivity index (χ0) is 15.0. The van der Waals surface area contributed by atoms with Gasteiger partial charge in [-0.05, 0) is 43.7 Å². The molecule has 0 fully saturated rings. The molecule has 106 valence electrons. The van der Waals surface area contributed by atoms with Gasteiger partial charge in [0.05, 0.1) is 11.0 Å². The topological polar surface area (TPSA) is 34.9 Å². The van der Waals surface area contributed by atoms with Crippen molar-refractivity contribution in [2.75, 3.05) is 0 Å². The summed E-state index contributed by atoms with van der Waals surface area (Å²) in [6, 6.07) is 13.2. The average molecular weight is 299 g/mol. The summed E-state index contributed by atoms with van der Waals surface area (Å²) in [5.74, 6) is 0. The molecule has 0 bridgehead atoms. The second-order valence-electron chi connectivity index (χ2n) is 4.96. The molecule has 0 saturated heterocycles. The molecule has 1 heterocycles. The first-order valence-corrected chi connectivity index (χ1v) is 7.25. The third kappa shape index (κ3) is 2.34. The third-order valence-electron chi connectivity index (χ3n) is 3.61. The number of nitrogens with zero attached hydrogens (tertiary/aromatic N) is 2. The predicted molar refractivity (Wildman–Crippen MR) is 86.9 cm³/mol. The molecule has 0 aliphatic rings. The van der Waals surface area contributed by atoms with E-state index in [1.54, 1.807) is 10.6 Å². The van der Waals surface area contributed by atoms with Gasteiger partial charge >= 0.3 is 0 Å². The molecule has 0 N–H and O–H groups in total. The van der Waals surface area contributed by atoms with Gasteiger partial charge in [0.25, 0.3) is 5.56 Å². The molecule has 0 atom stereocenters. The van der Waals surface area contributed by atoms with Crippen LogP contribution >= 0.6 is 11.6 Å². The van der Waals surface area contributed by atoms with E-state index in [0.29, 0.717) is 17.3 Å². The Kier molecular flexibility index (Phi) is 3.52. The van der Waals surface area contributed by atoms with Crippen molar-refractivity contribution < 1.29 is 0 Å². The third-order valence-corrected chi connectivity index (χ3v) is 3.85. The van der Waals surface area contributed by atoms with Gasteiger partial charge in [-0.15, -0.1) is 0 Å². The molecule has 0 aliphatic heterocycles. The van der Waals surface area contributed by atoms with E-state index in [4.69, 9.17) is 11.6 Å². The first-order valence-electron chi connectivity index (χ1n) is 6.88. The minimum Gasteiger partial charge on any atom is -0.305 e. The molecule has 4 heteroatoms. The second-order valence-corrected chi connectivity index (χ2v) is 5.39. The summed E-state index contributed by atoms with van der Waals surface area (Å²) in [6.45, 7) is 4.52. The van der Waals surface area contributed by atoms with E-state index in [1.165, 1.54) is 0 Å². The lowest BCUT2D eigenvalue weighted by Crippen LogP contribution is -2.23. The maximum atomic E-state index is 12.7. The zero-order valence-corrected chi connectivity index (χ0v) is 12.7. The molecule has 1 aromatic heterocycles. The van der Waals surface area contributed by atoms with Gasteiger partial charge in [-0.2, -0.15) is 0 Å². The number of hydrogen-bond acceptors (Lipinski definition) is 2. The highest BCUT2D eigenvalue weighted by Crippen LogP contribution is 2.23. The average Bonchev–Trinajstić information content (AvgIpc) is 2.47. The second kappa shape index (κ2) is 5.34. The van der Waals surface area contributed by atoms with Crippen LogP contribution < -0.4 is 5.56 Å². The molecule has 3 aromatic rings. The summed E-state index contributed by atoms with van der Waals surface area (Å²) in [6.07, 6.45) is 0. The maximum absolute atomic E-state index is 12.7. The smallest absolute Gasteiger partial charge is 0.277 e. The van der Waals surface area contributed by atoms with Crippen LogP contribution in [0.4, 0.5) is 0 Å². The standard InChI is InChI=1S/C17H15ClN2O/c1-3-20-15-7-5-4-6-14(15)19-16(17(20)21)13-9-8-12(18)10-11(13)2/h4-10H,3H2,1-2H3. The maximum Gasteiger partial charge on any atom is 0.277 e. The fraction of sp³-hybridized carbons (Fsp3) is 0.176. The number of aromatic nitrogens is 2. The highest BCUT2D eigenvalue weighted by atomic mass is 35.5. The normalized spacial score (nSPS) is 11.0. The van der Waals surface area contributed by atoms with E-state index in [0.717, 1.165) is 22.2 Å². The lowest BCUT2D eigenvalue weighted by Gasteiger charge is -2.11. The largest absolute Gasteiger partial charge is 0.305 e. The summed E-state index contributed by atoms with van der Waals surface area (Å²) >= 11 is 5.99. The van der Waals surface area contributed by atoms with Crippen molar-refractivity contribution in [2.24, 2.45) is 0 Å². The van der Waals surface area contributed by atoms with Gasteiger partial charge in [-0.1, -0.05) is 29.8 Å². The zero-order valence-electron chi connectivity index (χ0n) is 11.9. The minimum absolute atomic E-state index is 0.0679. The summed E-state index contributed by atoms with van der Waals surface area (Å²) < 4.78 is 1.76. The number of hydrogen-bond donors (Lipinski definition) is 0. The van der Waals surface area contributed by atoms with Crippen LogP contribution in [-0.4, -0.2) is 9.55 Å². The number of rotatable bonds is 2. The van der Waals surface area contributed by atoms with Crippen molar-refractivity contribution in [1.29, 1.82) is 0 Å². The van der Waals surface area contributed by atoms with Gasteiger partial charge in [0, 0.05) is 17.1 Å². The molecule has 2 aromatic carbocycles. The van der Waals surface area contributed by atoms with Crippen LogP contribution in [0.25, 0.3) is 22.3 Å². The summed E-state index contributed by atoms with van der Waals surface area (Å²) in [5, 5.41) is 0.660. The molecule has 3 rings (SSSR count). The summed E-state index contributed by atoms with van der Waals surface area (Å²) in [5.41, 5.74) is 3.87. The predicted octanol–water partition coefficient (Wildman–Crippen LogP) is 4.05. The van der Waals surface area contributed by atoms with Gasteiger partial charge in [-0.25, -0.2) is 4.98 Å². The van der Waals surface area contributed by atoms with E-state index in [9.17, 15) is 4.79 Å². The number of halogens is 1. The number of para-hydroxylation sites is 2. The monoisotopic (exact) mass is 298 g/mol. The van der Waals surface area contributed by atoms with Crippen molar-refractivity contribution in [3.05, 3.63) is 63.4 Å². The fourth-order valence-corrected chi connectivity index (χ4v) is 2.80. The Morgan fingerprint density at radius 1 is 1.19 bits per heavy atom. The van der Waals surface area contributed by atoms with Crippen LogP contribution in [0, 0.1) is 6.92 Å². The van der Waals surface area contributed by atoms with Crippen molar-refractivity contribution in [1.82, 2.24) is 9.55 Å². The van der Waals surface area contributed by atoms with Crippen LogP contribution in [0.1, 0.15) is 12.5 Å². The summed E-state index contributed by atoms with van der Waals surface area (Å²) in [4.78, 5) is 17.3. The van der Waals surface area contributed by atoms with Gasteiger partial charge in [0.15, 0.2) is 0 Å². The molecule has 3 nitrogen and oxygen atoms in total. The highest BCUT2D eigenvalue weighted by molar-refractivity contribution is 6.30. The van der Waals surface area contributed by atoms with Crippen molar-refractivity contribution in [3.63, 3.8) is 0 Å². The van der Waals surface area contributed by atoms with Crippen molar-refractivity contribution >= 4 is 22.6 Å². The quantitative estimate of drug-likeness (QED) is 0.715. The Balaban J connectivity index is 2.38. The van der Waals surface area contributed by atoms with Crippen LogP contribution in [-0.2, 0) is 6.54 Å². The highest BCUT2D eigenvalue weighted by Gasteiger charge is 2.13. The van der Waals surface area contributed by atoms with Gasteiger partial charge < -0.3 is 4.57 Å². The molecular formula is C17H15ClN2O. The Morgan fingerprint density at radius 3 is 2.67 bits per heavy atom. The van der Waals surface area contributed by atoms with Crippen molar-refractivity contribution in [3.8, 4) is 11.3 Å². The lowest BCUT2D eigenvalue weighted by atomic mass is 10.1. The molecule has 21 heavy (non-hydrogen) atoms. The summed E-state index contributed by atoms with van der Waals surface area (Å²) in [7, 11) is 0. The molecule has 0 unspecified atom stereocenters. The molecule has 0 radical (unpaired) electrons. The number of benzene rings is 2.